The van der Waals surface area contributed by atoms with Crippen LogP contribution in [0.1, 0.15) is 120 Å². The summed E-state index contributed by atoms with van der Waals surface area (Å²) >= 11 is 0. The summed E-state index contributed by atoms with van der Waals surface area (Å²) in [5, 5.41) is 0.263. The highest BCUT2D eigenvalue weighted by Gasteiger charge is 2.58. The molecular weight excluding hydrogens is 440 g/mol. The Labute approximate surface area is 220 Å². The van der Waals surface area contributed by atoms with Gasteiger partial charge in [0.2, 0.25) is 8.32 Å². The number of allylic oxidation sites excluding steroid dienone is 4. The summed E-state index contributed by atoms with van der Waals surface area (Å²) < 4.78 is 6.81. The normalized spacial score (nSPS) is 38.3. The molecule has 4 rings (SSSR count). The van der Waals surface area contributed by atoms with Crippen molar-refractivity contribution in [3.8, 4) is 0 Å². The molecule has 0 saturated heterocycles. The average molecular weight is 499 g/mol. The van der Waals surface area contributed by atoms with E-state index in [0.29, 0.717) is 10.8 Å². The highest BCUT2D eigenvalue weighted by molar-refractivity contribution is 6.74. The van der Waals surface area contributed by atoms with Crippen molar-refractivity contribution in [3.63, 3.8) is 0 Å². The third kappa shape index (κ3) is 5.00. The molecule has 1 nitrogen and oxygen atoms in total. The fourth-order valence-electron chi connectivity index (χ4n) is 8.89. The zero-order valence-corrected chi connectivity index (χ0v) is 26.1. The van der Waals surface area contributed by atoms with E-state index in [1.165, 1.54) is 63.5 Å². The van der Waals surface area contributed by atoms with Gasteiger partial charge in [-0.1, -0.05) is 80.7 Å². The fourth-order valence-corrected chi connectivity index (χ4v) is 10.0. The summed E-state index contributed by atoms with van der Waals surface area (Å²) in [4.78, 5) is 0. The second kappa shape index (κ2) is 9.67. The summed E-state index contributed by atoms with van der Waals surface area (Å²) in [7, 11) is -1.77. The SMILES string of the molecule is CC(C)CCC[C@@H](C)[C@H]1CC[C@H]2[C@@H]3CC=C4C=C(O[Si](C)(C)C(C)(C)C)CC[C@]4(C)[C@H]3CC[C@]12C. The molecule has 2 saturated carbocycles. The van der Waals surface area contributed by atoms with Gasteiger partial charge in [0.05, 0.1) is 5.76 Å². The fraction of sp³-hybridized carbons (Fsp3) is 0.879. The van der Waals surface area contributed by atoms with E-state index in [9.17, 15) is 0 Å². The lowest BCUT2D eigenvalue weighted by molar-refractivity contribution is -0.0462. The Bertz CT molecular complexity index is 829. The summed E-state index contributed by atoms with van der Waals surface area (Å²) in [6.45, 7) is 24.6. The number of fused-ring (bicyclic) bond motifs is 5. The zero-order chi connectivity index (χ0) is 25.8. The highest BCUT2D eigenvalue weighted by atomic mass is 28.4. The van der Waals surface area contributed by atoms with Crippen molar-refractivity contribution in [3.05, 3.63) is 23.5 Å². The molecule has 4 aliphatic carbocycles. The first kappa shape index (κ1) is 27.5. The highest BCUT2D eigenvalue weighted by Crippen LogP contribution is 2.67. The van der Waals surface area contributed by atoms with Gasteiger partial charge in [0.15, 0.2) is 0 Å². The van der Waals surface area contributed by atoms with Gasteiger partial charge in [-0.2, -0.15) is 0 Å². The van der Waals surface area contributed by atoms with Crippen molar-refractivity contribution in [2.24, 2.45) is 46.3 Å². The van der Waals surface area contributed by atoms with Crippen LogP contribution in [-0.4, -0.2) is 8.32 Å². The number of hydrogen-bond donors (Lipinski definition) is 0. The first-order chi connectivity index (χ1) is 16.2. The molecule has 0 unspecified atom stereocenters. The largest absolute Gasteiger partial charge is 0.547 e. The van der Waals surface area contributed by atoms with Gasteiger partial charge in [0.1, 0.15) is 0 Å². The average Bonchev–Trinajstić information content (AvgIpc) is 3.10. The van der Waals surface area contributed by atoms with Crippen LogP contribution in [0, 0.1) is 46.3 Å². The Kier molecular flexibility index (Phi) is 7.60. The van der Waals surface area contributed by atoms with Crippen LogP contribution >= 0.6 is 0 Å². The van der Waals surface area contributed by atoms with Gasteiger partial charge in [-0.05, 0) is 115 Å². The van der Waals surface area contributed by atoms with Gasteiger partial charge in [-0.15, -0.1) is 0 Å². The van der Waals surface area contributed by atoms with Crippen LogP contribution in [0.3, 0.4) is 0 Å². The standard InChI is InChI=1S/C33H58OSi/c1-23(2)12-11-13-24(3)28-16-17-29-27-15-14-25-22-26(34-35(9,10)31(4,5)6)18-20-32(25,7)30(27)19-21-33(28,29)8/h14,22-24,27-30H,11-13,15-21H2,1-10H3/t24-,27+,28-,29+,30+,32+,33-/m1/s1. The molecular formula is C33H58OSi. The van der Waals surface area contributed by atoms with Crippen LogP contribution in [0.4, 0.5) is 0 Å². The molecule has 0 bridgehead atoms. The minimum absolute atomic E-state index is 0.263. The Morgan fingerprint density at radius 2 is 1.71 bits per heavy atom. The first-order valence-electron chi connectivity index (χ1n) is 15.3. The molecule has 0 spiro atoms. The monoisotopic (exact) mass is 498 g/mol. The first-order valence-corrected chi connectivity index (χ1v) is 18.2. The Morgan fingerprint density at radius 3 is 2.37 bits per heavy atom. The van der Waals surface area contributed by atoms with Gasteiger partial charge in [0.25, 0.3) is 0 Å². The van der Waals surface area contributed by atoms with Crippen LogP contribution in [0.25, 0.3) is 0 Å². The molecule has 35 heavy (non-hydrogen) atoms. The minimum atomic E-state index is -1.77. The van der Waals surface area contributed by atoms with E-state index >= 15 is 0 Å². The molecule has 0 aromatic rings. The molecule has 0 radical (unpaired) electrons. The second-order valence-electron chi connectivity index (χ2n) is 15.7. The molecule has 2 heteroatoms. The van der Waals surface area contributed by atoms with E-state index < -0.39 is 8.32 Å². The third-order valence-electron chi connectivity index (χ3n) is 12.1. The van der Waals surface area contributed by atoms with Crippen LogP contribution in [0.15, 0.2) is 23.5 Å². The van der Waals surface area contributed by atoms with E-state index in [1.54, 1.807) is 5.57 Å². The van der Waals surface area contributed by atoms with Crippen molar-refractivity contribution >= 4 is 8.32 Å². The maximum atomic E-state index is 6.81. The molecule has 0 heterocycles. The van der Waals surface area contributed by atoms with Gasteiger partial charge in [-0.3, -0.25) is 0 Å². The Balaban J connectivity index is 1.49. The van der Waals surface area contributed by atoms with Gasteiger partial charge >= 0.3 is 0 Å². The van der Waals surface area contributed by atoms with Gasteiger partial charge < -0.3 is 4.43 Å². The van der Waals surface area contributed by atoms with Crippen molar-refractivity contribution in [2.45, 2.75) is 138 Å². The van der Waals surface area contributed by atoms with E-state index in [2.05, 4.69) is 80.6 Å². The lowest BCUT2D eigenvalue weighted by atomic mass is 9.47. The van der Waals surface area contributed by atoms with E-state index in [1.807, 2.05) is 0 Å². The van der Waals surface area contributed by atoms with Crippen LogP contribution < -0.4 is 0 Å². The van der Waals surface area contributed by atoms with E-state index in [0.717, 1.165) is 41.9 Å². The molecule has 4 aliphatic rings. The molecule has 0 aromatic carbocycles. The lowest BCUT2D eigenvalue weighted by Gasteiger charge is -2.57. The van der Waals surface area contributed by atoms with Crippen LogP contribution in [-0.2, 0) is 4.43 Å². The molecule has 2 fully saturated rings. The van der Waals surface area contributed by atoms with Crippen LogP contribution in [0.5, 0.6) is 0 Å². The molecule has 200 valence electrons. The number of hydrogen-bond acceptors (Lipinski definition) is 1. The summed E-state index contributed by atoms with van der Waals surface area (Å²) in [6, 6.07) is 0. The zero-order valence-electron chi connectivity index (χ0n) is 25.1. The number of rotatable bonds is 7. The minimum Gasteiger partial charge on any atom is -0.547 e. The van der Waals surface area contributed by atoms with Crippen molar-refractivity contribution in [1.82, 2.24) is 0 Å². The molecule has 0 N–H and O–H groups in total. The van der Waals surface area contributed by atoms with E-state index in [-0.39, 0.29) is 5.04 Å². The molecule has 0 aliphatic heterocycles. The summed E-state index contributed by atoms with van der Waals surface area (Å²) in [5.41, 5.74) is 2.58. The molecule has 0 amide bonds. The Hall–Kier alpha value is -0.503. The van der Waals surface area contributed by atoms with Crippen molar-refractivity contribution < 1.29 is 4.43 Å². The maximum Gasteiger partial charge on any atom is 0.250 e. The molecule has 0 aromatic heterocycles. The lowest BCUT2D eigenvalue weighted by Crippen LogP contribution is -2.50. The summed E-state index contributed by atoms with van der Waals surface area (Å²) in [5.74, 6) is 6.73. The second-order valence-corrected chi connectivity index (χ2v) is 20.4. The van der Waals surface area contributed by atoms with Crippen molar-refractivity contribution in [2.75, 3.05) is 0 Å². The van der Waals surface area contributed by atoms with Crippen LogP contribution in [0.2, 0.25) is 18.1 Å². The third-order valence-corrected chi connectivity index (χ3v) is 16.5. The quantitative estimate of drug-likeness (QED) is 0.317. The predicted octanol–water partition coefficient (Wildman–Crippen LogP) is 10.5. The van der Waals surface area contributed by atoms with E-state index in [4.69, 9.17) is 4.43 Å². The summed E-state index contributed by atoms with van der Waals surface area (Å²) in [6.07, 6.45) is 19.1. The molecule has 7 atom stereocenters. The van der Waals surface area contributed by atoms with Crippen molar-refractivity contribution in [1.29, 1.82) is 0 Å². The predicted molar refractivity (Wildman–Crippen MR) is 155 cm³/mol. The Morgan fingerprint density at radius 1 is 1.00 bits per heavy atom. The maximum absolute atomic E-state index is 6.81. The topological polar surface area (TPSA) is 9.23 Å². The smallest absolute Gasteiger partial charge is 0.250 e. The van der Waals surface area contributed by atoms with Gasteiger partial charge in [0, 0.05) is 6.42 Å². The van der Waals surface area contributed by atoms with Gasteiger partial charge in [-0.25, -0.2) is 0 Å².